The molecule has 0 radical (unpaired) electrons. The van der Waals surface area contributed by atoms with Crippen molar-refractivity contribution in [2.24, 2.45) is 11.8 Å². The fraction of sp³-hybridized carbons (Fsp3) is 0.833. The first-order valence-corrected chi connectivity index (χ1v) is 14.2. The molecule has 1 rings (SSSR count). The van der Waals surface area contributed by atoms with Crippen LogP contribution in [0.2, 0.25) is 0 Å². The number of rotatable bonds is 14. The van der Waals surface area contributed by atoms with E-state index in [9.17, 15) is 14.9 Å². The fourth-order valence-electron chi connectivity index (χ4n) is 4.76. The molecule has 1 N–H and O–H groups in total. The molecular weight excluding hydrogens is 379 g/mol. The third kappa shape index (κ3) is 7.60. The SMILES string of the molecule is CCCCP(CCCC)(CCCC)=C(C#N)C(=O)C(C)C1CCC(NC=O)CC1. The minimum atomic E-state index is -1.69. The topological polar surface area (TPSA) is 70.0 Å². The van der Waals surface area contributed by atoms with Crippen molar-refractivity contribution < 1.29 is 9.59 Å². The number of hydrogen-bond donors (Lipinski definition) is 1. The number of ketones is 1. The van der Waals surface area contributed by atoms with Gasteiger partial charge in [0.1, 0.15) is 6.07 Å². The van der Waals surface area contributed by atoms with E-state index in [-0.39, 0.29) is 17.7 Å². The number of carbonyl (C=O) groups excluding carboxylic acids is 2. The summed E-state index contributed by atoms with van der Waals surface area (Å²) < 4.78 is 0. The van der Waals surface area contributed by atoms with Crippen molar-refractivity contribution in [3.8, 4) is 6.07 Å². The molecule has 0 saturated heterocycles. The molecule has 0 bridgehead atoms. The Bertz CT molecular complexity index is 572. The molecule has 1 aliphatic carbocycles. The Labute approximate surface area is 179 Å². The van der Waals surface area contributed by atoms with Crippen molar-refractivity contribution in [3.63, 3.8) is 0 Å². The smallest absolute Gasteiger partial charge is 0.207 e. The maximum atomic E-state index is 13.6. The lowest BCUT2D eigenvalue weighted by Crippen LogP contribution is -2.36. The maximum absolute atomic E-state index is 13.6. The van der Waals surface area contributed by atoms with Crippen LogP contribution >= 0.6 is 6.89 Å². The lowest BCUT2D eigenvalue weighted by Gasteiger charge is -2.33. The van der Waals surface area contributed by atoms with Crippen molar-refractivity contribution in [2.75, 3.05) is 18.5 Å². The summed E-state index contributed by atoms with van der Waals surface area (Å²) in [7, 11) is 0. The Morgan fingerprint density at radius 1 is 1.03 bits per heavy atom. The molecule has 0 aliphatic heterocycles. The van der Waals surface area contributed by atoms with Crippen LogP contribution in [0.3, 0.4) is 0 Å². The number of unbranched alkanes of at least 4 members (excludes halogenated alkanes) is 3. The number of nitrogens with zero attached hydrogens (tertiary/aromatic N) is 1. The summed E-state index contributed by atoms with van der Waals surface area (Å²) in [5.41, 5.74) is 0. The van der Waals surface area contributed by atoms with Crippen molar-refractivity contribution >= 4 is 24.4 Å². The molecule has 1 amide bonds. The van der Waals surface area contributed by atoms with E-state index in [1.165, 1.54) is 0 Å². The van der Waals surface area contributed by atoms with Crippen LogP contribution in [-0.4, -0.2) is 42.0 Å². The minimum absolute atomic E-state index is 0.0777. The van der Waals surface area contributed by atoms with Gasteiger partial charge in [0.2, 0.25) is 6.41 Å². The highest BCUT2D eigenvalue weighted by Crippen LogP contribution is 2.52. The molecule has 0 heterocycles. The zero-order valence-electron chi connectivity index (χ0n) is 19.2. The van der Waals surface area contributed by atoms with Gasteiger partial charge in [-0.05, 0) is 69.3 Å². The number of Topliss-reactive ketones (excluding diaryl/α,β-unsaturated/α-hetero) is 1. The van der Waals surface area contributed by atoms with Gasteiger partial charge in [-0.2, -0.15) is 5.26 Å². The van der Waals surface area contributed by atoms with Crippen LogP contribution in [0.15, 0.2) is 0 Å². The number of carbonyl (C=O) groups is 2. The highest BCUT2D eigenvalue weighted by atomic mass is 31.2. The van der Waals surface area contributed by atoms with Gasteiger partial charge < -0.3 is 5.32 Å². The lowest BCUT2D eigenvalue weighted by molar-refractivity contribution is -0.118. The largest absolute Gasteiger partial charge is 0.356 e. The molecule has 0 aromatic heterocycles. The van der Waals surface area contributed by atoms with Crippen molar-refractivity contribution in [3.05, 3.63) is 0 Å². The first-order valence-electron chi connectivity index (χ1n) is 11.9. The average molecular weight is 423 g/mol. The van der Waals surface area contributed by atoms with Crippen molar-refractivity contribution in [1.29, 1.82) is 5.26 Å². The highest BCUT2D eigenvalue weighted by Gasteiger charge is 2.34. The Balaban J connectivity index is 3.16. The number of nitriles is 1. The van der Waals surface area contributed by atoms with Gasteiger partial charge in [0.15, 0.2) is 5.78 Å². The van der Waals surface area contributed by atoms with Gasteiger partial charge in [-0.15, -0.1) is 0 Å². The number of nitrogens with one attached hydrogen (secondary N) is 1. The van der Waals surface area contributed by atoms with E-state index in [4.69, 9.17) is 0 Å². The molecule has 1 unspecified atom stereocenters. The molecule has 4 nitrogen and oxygen atoms in total. The monoisotopic (exact) mass is 422 g/mol. The second kappa shape index (κ2) is 14.0. The molecule has 166 valence electrons. The Hall–Kier alpha value is -1.07. The molecular formula is C24H43N2O2P. The van der Waals surface area contributed by atoms with Gasteiger partial charge in [-0.1, -0.05) is 53.8 Å². The van der Waals surface area contributed by atoms with E-state index in [0.717, 1.165) is 89.1 Å². The molecule has 0 spiro atoms. The summed E-state index contributed by atoms with van der Waals surface area (Å²) in [6, 6.07) is 2.72. The average Bonchev–Trinajstić information content (AvgIpc) is 2.75. The molecule has 5 heteroatoms. The summed E-state index contributed by atoms with van der Waals surface area (Å²) in [6.07, 6.45) is 14.5. The van der Waals surface area contributed by atoms with Gasteiger partial charge in [0.05, 0.1) is 5.29 Å². The molecule has 1 atom stereocenters. The number of amides is 1. The van der Waals surface area contributed by atoms with E-state index >= 15 is 0 Å². The highest BCUT2D eigenvalue weighted by molar-refractivity contribution is 7.78. The molecule has 1 saturated carbocycles. The van der Waals surface area contributed by atoms with Crippen LogP contribution in [0.25, 0.3) is 0 Å². The predicted molar refractivity (Wildman–Crippen MR) is 126 cm³/mol. The summed E-state index contributed by atoms with van der Waals surface area (Å²) in [5.74, 6) is 0.406. The lowest BCUT2D eigenvalue weighted by atomic mass is 9.77. The van der Waals surface area contributed by atoms with Crippen LogP contribution in [0.1, 0.15) is 91.9 Å². The van der Waals surface area contributed by atoms with E-state index in [1.54, 1.807) is 0 Å². The first-order chi connectivity index (χ1) is 14.0. The maximum Gasteiger partial charge on any atom is 0.207 e. The van der Waals surface area contributed by atoms with Crippen LogP contribution in [0.5, 0.6) is 0 Å². The summed E-state index contributed by atoms with van der Waals surface area (Å²) in [4.78, 5) is 24.3. The zero-order valence-corrected chi connectivity index (χ0v) is 20.1. The van der Waals surface area contributed by atoms with Crippen LogP contribution in [0.4, 0.5) is 0 Å². The Kier molecular flexibility index (Phi) is 12.6. The normalized spacial score (nSPS) is 20.5. The third-order valence-corrected chi connectivity index (χ3v) is 11.6. The number of hydrogen-bond acceptors (Lipinski definition) is 3. The standard InChI is InChI=1S/C24H43N2O2P/c1-5-8-15-29(16-9-6-2,17-10-7-3)23(18-25)24(28)20(4)21-11-13-22(14-12-21)26-19-27/h19-22H,5-17H2,1-4H3,(H,26,27). The Morgan fingerprint density at radius 2 is 1.52 bits per heavy atom. The summed E-state index contributed by atoms with van der Waals surface area (Å²) in [6.45, 7) is 6.97. The second-order valence-electron chi connectivity index (χ2n) is 8.89. The quantitative estimate of drug-likeness (QED) is 0.292. The fourth-order valence-corrected chi connectivity index (χ4v) is 9.75. The Morgan fingerprint density at radius 3 is 1.90 bits per heavy atom. The summed E-state index contributed by atoms with van der Waals surface area (Å²) in [5, 5.41) is 13.7. The third-order valence-electron chi connectivity index (χ3n) is 6.83. The van der Waals surface area contributed by atoms with Gasteiger partial charge in [-0.3, -0.25) is 9.59 Å². The molecule has 1 aliphatic rings. The first kappa shape index (κ1) is 26.0. The van der Waals surface area contributed by atoms with Gasteiger partial charge in [0.25, 0.3) is 0 Å². The van der Waals surface area contributed by atoms with E-state index in [1.807, 2.05) is 6.92 Å². The summed E-state index contributed by atoms with van der Waals surface area (Å²) >= 11 is 0. The van der Waals surface area contributed by atoms with E-state index in [0.29, 0.717) is 11.2 Å². The van der Waals surface area contributed by atoms with Gasteiger partial charge >= 0.3 is 0 Å². The van der Waals surface area contributed by atoms with Crippen molar-refractivity contribution in [2.45, 2.75) is 97.9 Å². The molecule has 0 aromatic carbocycles. The van der Waals surface area contributed by atoms with Gasteiger partial charge in [0, 0.05) is 12.0 Å². The molecule has 1 fully saturated rings. The molecule has 29 heavy (non-hydrogen) atoms. The van der Waals surface area contributed by atoms with Crippen LogP contribution < -0.4 is 5.32 Å². The van der Waals surface area contributed by atoms with E-state index < -0.39 is 6.89 Å². The van der Waals surface area contributed by atoms with Crippen molar-refractivity contribution in [1.82, 2.24) is 5.32 Å². The zero-order chi connectivity index (χ0) is 21.7. The second-order valence-corrected chi connectivity index (χ2v) is 13.0. The predicted octanol–water partition coefficient (Wildman–Crippen LogP) is 5.61. The van der Waals surface area contributed by atoms with E-state index in [2.05, 4.69) is 32.2 Å². The molecule has 0 aromatic rings. The van der Waals surface area contributed by atoms with Crippen LogP contribution in [0, 0.1) is 23.2 Å². The minimum Gasteiger partial charge on any atom is -0.356 e. The van der Waals surface area contributed by atoms with Crippen LogP contribution in [-0.2, 0) is 9.59 Å². The van der Waals surface area contributed by atoms with Gasteiger partial charge in [-0.25, -0.2) is 0 Å².